The minimum absolute atomic E-state index is 0.0243. The summed E-state index contributed by atoms with van der Waals surface area (Å²) in [5, 5.41) is 0. The van der Waals surface area contributed by atoms with E-state index in [2.05, 4.69) is 0 Å². The highest BCUT2D eigenvalue weighted by Gasteiger charge is 2.17. The Bertz CT molecular complexity index is 567. The lowest BCUT2D eigenvalue weighted by molar-refractivity contribution is 0.104. The highest BCUT2D eigenvalue weighted by Crippen LogP contribution is 2.25. The Morgan fingerprint density at radius 3 is 2.29 bits per heavy atom. The highest BCUT2D eigenvalue weighted by molar-refractivity contribution is 6.15. The van der Waals surface area contributed by atoms with Gasteiger partial charge in [-0.05, 0) is 12.1 Å². The third-order valence-corrected chi connectivity index (χ3v) is 2.49. The van der Waals surface area contributed by atoms with Crippen molar-refractivity contribution in [2.45, 2.75) is 0 Å². The SMILES string of the molecule is Nc1ccc(F)c(N)c1C(=O)c1ccccc1. The second-order valence-corrected chi connectivity index (χ2v) is 3.62. The van der Waals surface area contributed by atoms with E-state index in [0.717, 1.165) is 6.07 Å². The Balaban J connectivity index is 2.56. The van der Waals surface area contributed by atoms with Crippen molar-refractivity contribution in [2.24, 2.45) is 0 Å². The van der Waals surface area contributed by atoms with Crippen LogP contribution in [0.5, 0.6) is 0 Å². The van der Waals surface area contributed by atoms with Crippen LogP contribution in [0.4, 0.5) is 15.8 Å². The number of ketones is 1. The van der Waals surface area contributed by atoms with E-state index < -0.39 is 5.82 Å². The van der Waals surface area contributed by atoms with E-state index in [4.69, 9.17) is 11.5 Å². The predicted octanol–water partition coefficient (Wildman–Crippen LogP) is 2.22. The third-order valence-electron chi connectivity index (χ3n) is 2.49. The van der Waals surface area contributed by atoms with Gasteiger partial charge in [0.2, 0.25) is 0 Å². The molecule has 17 heavy (non-hydrogen) atoms. The number of hydrogen-bond donors (Lipinski definition) is 2. The van der Waals surface area contributed by atoms with Gasteiger partial charge in [0.05, 0.1) is 11.3 Å². The number of rotatable bonds is 2. The third kappa shape index (κ3) is 1.97. The number of nitrogens with two attached hydrogens (primary N) is 2. The largest absolute Gasteiger partial charge is 0.398 e. The van der Waals surface area contributed by atoms with Crippen LogP contribution < -0.4 is 11.5 Å². The van der Waals surface area contributed by atoms with E-state index in [1.807, 2.05) is 0 Å². The Morgan fingerprint density at radius 2 is 1.65 bits per heavy atom. The zero-order chi connectivity index (χ0) is 12.4. The maximum absolute atomic E-state index is 13.3. The van der Waals surface area contributed by atoms with Crippen LogP contribution in [0.3, 0.4) is 0 Å². The molecule has 0 saturated heterocycles. The average Bonchev–Trinajstić information content (AvgIpc) is 2.35. The molecule has 0 aliphatic rings. The van der Waals surface area contributed by atoms with E-state index in [-0.39, 0.29) is 22.7 Å². The second-order valence-electron chi connectivity index (χ2n) is 3.62. The molecule has 86 valence electrons. The first-order valence-electron chi connectivity index (χ1n) is 5.04. The van der Waals surface area contributed by atoms with Gasteiger partial charge < -0.3 is 11.5 Å². The first kappa shape index (κ1) is 11.1. The summed E-state index contributed by atoms with van der Waals surface area (Å²) in [6.45, 7) is 0. The lowest BCUT2D eigenvalue weighted by atomic mass is 10.00. The molecule has 0 aliphatic heterocycles. The summed E-state index contributed by atoms with van der Waals surface area (Å²) in [5.41, 5.74) is 11.6. The van der Waals surface area contributed by atoms with Crippen molar-refractivity contribution in [3.8, 4) is 0 Å². The summed E-state index contributed by atoms with van der Waals surface area (Å²) in [6.07, 6.45) is 0. The van der Waals surface area contributed by atoms with Crippen LogP contribution in [0.1, 0.15) is 15.9 Å². The monoisotopic (exact) mass is 230 g/mol. The van der Waals surface area contributed by atoms with Crippen molar-refractivity contribution in [3.05, 3.63) is 59.4 Å². The topological polar surface area (TPSA) is 69.1 Å². The smallest absolute Gasteiger partial charge is 0.197 e. The Labute approximate surface area is 97.9 Å². The first-order valence-corrected chi connectivity index (χ1v) is 5.04. The molecule has 4 heteroatoms. The second kappa shape index (κ2) is 4.25. The number of nitrogen functional groups attached to an aromatic ring is 2. The van der Waals surface area contributed by atoms with Crippen molar-refractivity contribution >= 4 is 17.2 Å². The van der Waals surface area contributed by atoms with Crippen LogP contribution in [-0.4, -0.2) is 5.78 Å². The molecule has 4 N–H and O–H groups in total. The van der Waals surface area contributed by atoms with Crippen molar-refractivity contribution in [3.63, 3.8) is 0 Å². The summed E-state index contributed by atoms with van der Waals surface area (Å²) in [6, 6.07) is 11.0. The molecule has 0 atom stereocenters. The fourth-order valence-electron chi connectivity index (χ4n) is 1.60. The molecular formula is C13H11FN2O. The molecule has 0 radical (unpaired) electrons. The van der Waals surface area contributed by atoms with Gasteiger partial charge in [0.1, 0.15) is 5.82 Å². The quantitative estimate of drug-likeness (QED) is 0.614. The van der Waals surface area contributed by atoms with Crippen LogP contribution in [0.25, 0.3) is 0 Å². The Morgan fingerprint density at radius 1 is 1.00 bits per heavy atom. The lowest BCUT2D eigenvalue weighted by Gasteiger charge is -2.08. The van der Waals surface area contributed by atoms with Gasteiger partial charge in [-0.25, -0.2) is 4.39 Å². The number of halogens is 1. The molecule has 2 rings (SSSR count). The molecule has 0 aliphatic carbocycles. The van der Waals surface area contributed by atoms with Crippen LogP contribution in [-0.2, 0) is 0 Å². The molecule has 3 nitrogen and oxygen atoms in total. The Kier molecular flexibility index (Phi) is 2.78. The number of carbonyl (C=O) groups excluding carboxylic acids is 1. The summed E-state index contributed by atoms with van der Waals surface area (Å²) in [5.74, 6) is -1.02. The van der Waals surface area contributed by atoms with Gasteiger partial charge >= 0.3 is 0 Å². The van der Waals surface area contributed by atoms with Crippen LogP contribution >= 0.6 is 0 Å². The number of benzene rings is 2. The molecule has 0 fully saturated rings. The normalized spacial score (nSPS) is 10.2. The molecule has 0 unspecified atom stereocenters. The van der Waals surface area contributed by atoms with E-state index in [9.17, 15) is 9.18 Å². The van der Waals surface area contributed by atoms with E-state index in [1.54, 1.807) is 30.3 Å². The van der Waals surface area contributed by atoms with Gasteiger partial charge in [-0.3, -0.25) is 4.79 Å². The van der Waals surface area contributed by atoms with Gasteiger partial charge in [-0.1, -0.05) is 30.3 Å². The summed E-state index contributed by atoms with van der Waals surface area (Å²) < 4.78 is 13.3. The summed E-state index contributed by atoms with van der Waals surface area (Å²) >= 11 is 0. The number of hydrogen-bond acceptors (Lipinski definition) is 3. The van der Waals surface area contributed by atoms with Gasteiger partial charge in [0, 0.05) is 11.3 Å². The fourth-order valence-corrected chi connectivity index (χ4v) is 1.60. The van der Waals surface area contributed by atoms with Crippen molar-refractivity contribution in [1.82, 2.24) is 0 Å². The van der Waals surface area contributed by atoms with E-state index >= 15 is 0 Å². The number of carbonyl (C=O) groups is 1. The molecule has 0 saturated carbocycles. The molecule has 2 aromatic carbocycles. The Hall–Kier alpha value is -2.36. The molecule has 0 amide bonds. The van der Waals surface area contributed by atoms with Crippen molar-refractivity contribution < 1.29 is 9.18 Å². The molecule has 0 spiro atoms. The maximum atomic E-state index is 13.3. The molecular weight excluding hydrogens is 219 g/mol. The highest BCUT2D eigenvalue weighted by atomic mass is 19.1. The van der Waals surface area contributed by atoms with Crippen LogP contribution in [0.15, 0.2) is 42.5 Å². The molecule has 0 heterocycles. The summed E-state index contributed by atoms with van der Waals surface area (Å²) in [7, 11) is 0. The first-order chi connectivity index (χ1) is 8.11. The van der Waals surface area contributed by atoms with Gasteiger partial charge in [-0.15, -0.1) is 0 Å². The van der Waals surface area contributed by atoms with Crippen molar-refractivity contribution in [2.75, 3.05) is 11.5 Å². The van der Waals surface area contributed by atoms with Crippen molar-refractivity contribution in [1.29, 1.82) is 0 Å². The minimum Gasteiger partial charge on any atom is -0.398 e. The van der Waals surface area contributed by atoms with E-state index in [0.29, 0.717) is 5.56 Å². The zero-order valence-electron chi connectivity index (χ0n) is 8.98. The molecule has 0 bridgehead atoms. The fraction of sp³-hybridized carbons (Fsp3) is 0. The lowest BCUT2D eigenvalue weighted by Crippen LogP contribution is -2.10. The minimum atomic E-state index is -0.640. The maximum Gasteiger partial charge on any atom is 0.197 e. The number of anilines is 2. The average molecular weight is 230 g/mol. The molecule has 2 aromatic rings. The zero-order valence-corrected chi connectivity index (χ0v) is 8.98. The standard InChI is InChI=1S/C13H11FN2O/c14-9-6-7-10(15)11(12(9)16)13(17)8-4-2-1-3-5-8/h1-7H,15-16H2. The predicted molar refractivity (Wildman–Crippen MR) is 65.1 cm³/mol. The van der Waals surface area contributed by atoms with Gasteiger partial charge in [-0.2, -0.15) is 0 Å². The van der Waals surface area contributed by atoms with Crippen LogP contribution in [0.2, 0.25) is 0 Å². The van der Waals surface area contributed by atoms with Gasteiger partial charge in [0.25, 0.3) is 0 Å². The van der Waals surface area contributed by atoms with E-state index in [1.165, 1.54) is 6.07 Å². The molecule has 0 aromatic heterocycles. The van der Waals surface area contributed by atoms with Crippen LogP contribution in [0, 0.1) is 5.82 Å². The summed E-state index contributed by atoms with van der Waals surface area (Å²) in [4.78, 5) is 12.1. The van der Waals surface area contributed by atoms with Gasteiger partial charge in [0.15, 0.2) is 5.78 Å².